The highest BCUT2D eigenvalue weighted by Gasteiger charge is 2.36. The van der Waals surface area contributed by atoms with E-state index in [1.165, 1.54) is 24.3 Å². The van der Waals surface area contributed by atoms with E-state index >= 15 is 0 Å². The van der Waals surface area contributed by atoms with Gasteiger partial charge in [-0.25, -0.2) is 4.39 Å². The van der Waals surface area contributed by atoms with Gasteiger partial charge in [-0.05, 0) is 43.0 Å². The molecule has 1 heterocycles. The van der Waals surface area contributed by atoms with Crippen LogP contribution in [0, 0.1) is 11.7 Å². The van der Waals surface area contributed by atoms with Crippen LogP contribution in [0.15, 0.2) is 28.7 Å². The Labute approximate surface area is 96.8 Å². The second-order valence-corrected chi connectivity index (χ2v) is 4.44. The van der Waals surface area contributed by atoms with Gasteiger partial charge in [-0.3, -0.25) is 4.79 Å². The number of furan rings is 1. The molecule has 1 aromatic carbocycles. The van der Waals surface area contributed by atoms with Crippen molar-refractivity contribution in [3.05, 3.63) is 35.8 Å². The number of aliphatic hydroxyl groups excluding tert-OH is 1. The molecule has 1 aliphatic carbocycles. The lowest BCUT2D eigenvalue weighted by atomic mass is 10.1. The van der Waals surface area contributed by atoms with Crippen molar-refractivity contribution in [3.8, 4) is 0 Å². The van der Waals surface area contributed by atoms with Gasteiger partial charge in [-0.15, -0.1) is 0 Å². The molecule has 0 amide bonds. The minimum Gasteiger partial charge on any atom is -0.453 e. The molecule has 2 aromatic rings. The Bertz CT molecular complexity index is 583. The van der Waals surface area contributed by atoms with Crippen molar-refractivity contribution < 1.29 is 18.7 Å². The number of hydrogen-bond donors (Lipinski definition) is 1. The molecule has 1 N–H and O–H groups in total. The fourth-order valence-corrected chi connectivity index (χ4v) is 1.91. The third kappa shape index (κ3) is 1.85. The molecule has 3 rings (SSSR count). The predicted octanol–water partition coefficient (Wildman–Crippen LogP) is 2.53. The fourth-order valence-electron chi connectivity index (χ4n) is 1.91. The minimum absolute atomic E-state index is 0.0625. The molecule has 1 aliphatic rings. The Balaban J connectivity index is 1.97. The Morgan fingerprint density at radius 2 is 2.18 bits per heavy atom. The van der Waals surface area contributed by atoms with Crippen molar-refractivity contribution in [2.24, 2.45) is 5.92 Å². The molecule has 1 fully saturated rings. The second kappa shape index (κ2) is 3.67. The zero-order valence-electron chi connectivity index (χ0n) is 9.02. The summed E-state index contributed by atoms with van der Waals surface area (Å²) in [5, 5.41) is 10.2. The maximum atomic E-state index is 13.0. The zero-order chi connectivity index (χ0) is 12.0. The molecule has 0 aliphatic heterocycles. The maximum Gasteiger partial charge on any atom is 0.226 e. The summed E-state index contributed by atoms with van der Waals surface area (Å²) in [4.78, 5) is 11.8. The lowest BCUT2D eigenvalue weighted by Gasteiger charge is -2.04. The van der Waals surface area contributed by atoms with Crippen LogP contribution in [0.4, 0.5) is 4.39 Å². The average molecular weight is 234 g/mol. The van der Waals surface area contributed by atoms with Gasteiger partial charge in [-0.1, -0.05) is 0 Å². The Morgan fingerprint density at radius 3 is 2.88 bits per heavy atom. The topological polar surface area (TPSA) is 50.4 Å². The number of benzene rings is 1. The summed E-state index contributed by atoms with van der Waals surface area (Å²) in [6, 6.07) is 5.54. The van der Waals surface area contributed by atoms with E-state index in [0.717, 1.165) is 12.8 Å². The lowest BCUT2D eigenvalue weighted by molar-refractivity contribution is 0.0676. The third-order valence-corrected chi connectivity index (χ3v) is 3.06. The maximum absolute atomic E-state index is 13.0. The zero-order valence-corrected chi connectivity index (χ0v) is 9.02. The highest BCUT2D eigenvalue weighted by atomic mass is 19.1. The number of hydrogen-bond acceptors (Lipinski definition) is 3. The normalized spacial score (nSPS) is 17.3. The molecule has 1 aromatic heterocycles. The summed E-state index contributed by atoms with van der Waals surface area (Å²) in [5.74, 6) is -0.624. The number of carbonyl (C=O) groups excluding carboxylic acids is 1. The van der Waals surface area contributed by atoms with Crippen LogP contribution in [0.1, 0.15) is 23.4 Å². The monoisotopic (exact) mass is 234 g/mol. The summed E-state index contributed by atoms with van der Waals surface area (Å²) in [5.41, 5.74) is 0.456. The van der Waals surface area contributed by atoms with E-state index in [2.05, 4.69) is 0 Å². The molecule has 17 heavy (non-hydrogen) atoms. The molecule has 1 unspecified atom stereocenters. The largest absolute Gasteiger partial charge is 0.453 e. The van der Waals surface area contributed by atoms with Crippen molar-refractivity contribution in [1.82, 2.24) is 0 Å². The van der Waals surface area contributed by atoms with E-state index in [-0.39, 0.29) is 17.5 Å². The van der Waals surface area contributed by atoms with Gasteiger partial charge in [0.1, 0.15) is 17.5 Å². The first kappa shape index (κ1) is 10.5. The van der Waals surface area contributed by atoms with E-state index in [1.54, 1.807) is 0 Å². The summed E-state index contributed by atoms with van der Waals surface area (Å²) >= 11 is 0. The molecule has 0 saturated heterocycles. The van der Waals surface area contributed by atoms with Gasteiger partial charge in [0, 0.05) is 5.39 Å². The van der Waals surface area contributed by atoms with Crippen LogP contribution in [0.3, 0.4) is 0 Å². The number of fused-ring (bicyclic) bond motifs is 1. The van der Waals surface area contributed by atoms with Crippen LogP contribution in [0.2, 0.25) is 0 Å². The van der Waals surface area contributed by atoms with Gasteiger partial charge in [0.25, 0.3) is 0 Å². The van der Waals surface area contributed by atoms with Gasteiger partial charge < -0.3 is 9.52 Å². The van der Waals surface area contributed by atoms with Crippen molar-refractivity contribution in [2.45, 2.75) is 18.9 Å². The van der Waals surface area contributed by atoms with Gasteiger partial charge in [0.15, 0.2) is 5.76 Å². The van der Waals surface area contributed by atoms with Gasteiger partial charge >= 0.3 is 0 Å². The Kier molecular flexibility index (Phi) is 2.26. The van der Waals surface area contributed by atoms with Crippen LogP contribution in [0.25, 0.3) is 11.0 Å². The fraction of sp³-hybridized carbons (Fsp3) is 0.308. The molecule has 1 atom stereocenters. The summed E-state index contributed by atoms with van der Waals surface area (Å²) in [6.45, 7) is 0. The smallest absolute Gasteiger partial charge is 0.226 e. The van der Waals surface area contributed by atoms with Crippen molar-refractivity contribution >= 4 is 16.8 Å². The van der Waals surface area contributed by atoms with E-state index < -0.39 is 11.9 Å². The number of halogens is 1. The predicted molar refractivity (Wildman–Crippen MR) is 59.2 cm³/mol. The number of Topliss-reactive ketones (excluding diaryl/α,β-unsaturated/α-hetero) is 1. The van der Waals surface area contributed by atoms with E-state index in [4.69, 9.17) is 4.42 Å². The Morgan fingerprint density at radius 1 is 1.41 bits per heavy atom. The quantitative estimate of drug-likeness (QED) is 0.830. The van der Waals surface area contributed by atoms with Crippen molar-refractivity contribution in [1.29, 1.82) is 0 Å². The number of carbonyl (C=O) groups is 1. The number of aliphatic hydroxyl groups is 1. The summed E-state index contributed by atoms with van der Waals surface area (Å²) in [7, 11) is 0. The van der Waals surface area contributed by atoms with E-state index in [0.29, 0.717) is 11.0 Å². The highest BCUT2D eigenvalue weighted by Crippen LogP contribution is 2.34. The first-order valence-electron chi connectivity index (χ1n) is 5.56. The minimum atomic E-state index is -0.986. The summed E-state index contributed by atoms with van der Waals surface area (Å²) in [6.07, 6.45) is 0.768. The Hall–Kier alpha value is -1.68. The van der Waals surface area contributed by atoms with Crippen LogP contribution in [0.5, 0.6) is 0 Å². The van der Waals surface area contributed by atoms with Crippen LogP contribution in [-0.4, -0.2) is 17.0 Å². The number of ketones is 1. The molecule has 0 radical (unpaired) electrons. The number of rotatable bonds is 3. The molecule has 0 spiro atoms. The van der Waals surface area contributed by atoms with Gasteiger partial charge in [0.2, 0.25) is 5.78 Å². The van der Waals surface area contributed by atoms with Gasteiger partial charge in [-0.2, -0.15) is 0 Å². The molecule has 4 heteroatoms. The van der Waals surface area contributed by atoms with Crippen LogP contribution in [-0.2, 0) is 0 Å². The highest BCUT2D eigenvalue weighted by molar-refractivity contribution is 6.00. The first-order chi connectivity index (χ1) is 8.15. The summed E-state index contributed by atoms with van der Waals surface area (Å²) < 4.78 is 18.3. The molecular weight excluding hydrogens is 223 g/mol. The van der Waals surface area contributed by atoms with Crippen LogP contribution >= 0.6 is 0 Å². The third-order valence-electron chi connectivity index (χ3n) is 3.06. The van der Waals surface area contributed by atoms with E-state index in [1.807, 2.05) is 0 Å². The SMILES string of the molecule is O=C(c1cc2cc(F)ccc2o1)C(O)C1CC1. The van der Waals surface area contributed by atoms with Crippen LogP contribution < -0.4 is 0 Å². The second-order valence-electron chi connectivity index (χ2n) is 4.44. The molecule has 3 nitrogen and oxygen atoms in total. The molecule has 0 bridgehead atoms. The van der Waals surface area contributed by atoms with Crippen molar-refractivity contribution in [3.63, 3.8) is 0 Å². The molecule has 1 saturated carbocycles. The molecule has 88 valence electrons. The van der Waals surface area contributed by atoms with Crippen molar-refractivity contribution in [2.75, 3.05) is 0 Å². The van der Waals surface area contributed by atoms with Gasteiger partial charge in [0.05, 0.1) is 0 Å². The first-order valence-corrected chi connectivity index (χ1v) is 5.56. The lowest BCUT2D eigenvalue weighted by Crippen LogP contribution is -2.21. The standard InChI is InChI=1S/C13H11FO3/c14-9-3-4-10-8(5-9)6-11(17-10)13(16)12(15)7-1-2-7/h3-7,12,15H,1-2H2. The van der Waals surface area contributed by atoms with E-state index in [9.17, 15) is 14.3 Å². The average Bonchev–Trinajstić information content (AvgIpc) is 3.07. The molecular formula is C13H11FO3.